The van der Waals surface area contributed by atoms with Crippen LogP contribution in [0.5, 0.6) is 0 Å². The Balaban J connectivity index is 2.00. The van der Waals surface area contributed by atoms with Crippen LogP contribution in [0, 0.1) is 0 Å². The molecule has 0 aliphatic carbocycles. The predicted molar refractivity (Wildman–Crippen MR) is 72.5 cm³/mol. The van der Waals surface area contributed by atoms with Crippen molar-refractivity contribution < 1.29 is 14.4 Å². The second-order valence-corrected chi connectivity index (χ2v) is 4.91. The van der Waals surface area contributed by atoms with E-state index in [9.17, 15) is 14.4 Å². The molecular formula is C12H13N3O3S. The normalized spacial score (nSPS) is 14.9. The van der Waals surface area contributed by atoms with E-state index < -0.39 is 0 Å². The summed E-state index contributed by atoms with van der Waals surface area (Å²) in [5.41, 5.74) is 6.65. The Morgan fingerprint density at radius 1 is 1.32 bits per heavy atom. The SMILES string of the molecule is NCC(=O)Nc1ccc(CN2C(=O)CSC2=O)cc1. The maximum Gasteiger partial charge on any atom is 0.289 e. The van der Waals surface area contributed by atoms with Gasteiger partial charge in [0.05, 0.1) is 18.8 Å². The van der Waals surface area contributed by atoms with Crippen LogP contribution in [-0.4, -0.2) is 34.3 Å². The van der Waals surface area contributed by atoms with E-state index in [4.69, 9.17) is 5.73 Å². The van der Waals surface area contributed by atoms with Crippen molar-refractivity contribution in [3.05, 3.63) is 29.8 Å². The Bertz CT molecular complexity index is 499. The Morgan fingerprint density at radius 3 is 2.53 bits per heavy atom. The lowest BCUT2D eigenvalue weighted by atomic mass is 10.2. The molecule has 1 aromatic rings. The van der Waals surface area contributed by atoms with Crippen LogP contribution in [0.3, 0.4) is 0 Å². The summed E-state index contributed by atoms with van der Waals surface area (Å²) < 4.78 is 0. The van der Waals surface area contributed by atoms with Crippen molar-refractivity contribution in [1.82, 2.24) is 4.90 Å². The summed E-state index contributed by atoms with van der Waals surface area (Å²) in [5.74, 6) is -0.228. The van der Waals surface area contributed by atoms with Gasteiger partial charge in [0.2, 0.25) is 11.8 Å². The number of nitrogens with zero attached hydrogens (tertiary/aromatic N) is 1. The molecule has 19 heavy (non-hydrogen) atoms. The van der Waals surface area contributed by atoms with E-state index in [1.807, 2.05) is 0 Å². The fourth-order valence-electron chi connectivity index (χ4n) is 1.62. The number of hydrogen-bond acceptors (Lipinski definition) is 5. The minimum Gasteiger partial charge on any atom is -0.325 e. The molecule has 3 amide bonds. The summed E-state index contributed by atoms with van der Waals surface area (Å²) >= 11 is 1.01. The number of benzene rings is 1. The van der Waals surface area contributed by atoms with E-state index in [1.54, 1.807) is 24.3 Å². The topological polar surface area (TPSA) is 92.5 Å². The fourth-order valence-corrected chi connectivity index (χ4v) is 2.35. The third kappa shape index (κ3) is 3.33. The minimum absolute atomic E-state index is 0.0737. The summed E-state index contributed by atoms with van der Waals surface area (Å²) in [6.07, 6.45) is 0. The van der Waals surface area contributed by atoms with Gasteiger partial charge in [-0.25, -0.2) is 0 Å². The first kappa shape index (κ1) is 13.6. The summed E-state index contributed by atoms with van der Waals surface area (Å²) in [6, 6.07) is 6.94. The lowest BCUT2D eigenvalue weighted by molar-refractivity contribution is -0.125. The highest BCUT2D eigenvalue weighted by Crippen LogP contribution is 2.21. The average Bonchev–Trinajstić information content (AvgIpc) is 2.72. The Kier molecular flexibility index (Phi) is 4.18. The van der Waals surface area contributed by atoms with Gasteiger partial charge in [-0.15, -0.1) is 0 Å². The number of imide groups is 1. The molecular weight excluding hydrogens is 266 g/mol. The molecule has 1 saturated heterocycles. The van der Waals surface area contributed by atoms with E-state index >= 15 is 0 Å². The van der Waals surface area contributed by atoms with E-state index in [1.165, 1.54) is 4.90 Å². The van der Waals surface area contributed by atoms with Crippen LogP contribution in [-0.2, 0) is 16.1 Å². The number of anilines is 1. The summed E-state index contributed by atoms with van der Waals surface area (Å²) in [6.45, 7) is 0.186. The summed E-state index contributed by atoms with van der Waals surface area (Å²) in [4.78, 5) is 35.2. The smallest absolute Gasteiger partial charge is 0.289 e. The highest BCUT2D eigenvalue weighted by molar-refractivity contribution is 8.14. The van der Waals surface area contributed by atoms with Gasteiger partial charge in [0.1, 0.15) is 0 Å². The highest BCUT2D eigenvalue weighted by atomic mass is 32.2. The molecule has 3 N–H and O–H groups in total. The van der Waals surface area contributed by atoms with Crippen molar-refractivity contribution in [3.8, 4) is 0 Å². The molecule has 6 nitrogen and oxygen atoms in total. The van der Waals surface area contributed by atoms with Crippen LogP contribution >= 0.6 is 11.8 Å². The molecule has 100 valence electrons. The second-order valence-electron chi connectivity index (χ2n) is 3.98. The molecule has 2 rings (SSSR count). The summed E-state index contributed by atoms with van der Waals surface area (Å²) in [7, 11) is 0. The molecule has 1 fully saturated rings. The molecule has 0 radical (unpaired) electrons. The second kappa shape index (κ2) is 5.85. The molecule has 0 unspecified atom stereocenters. The number of carbonyl (C=O) groups is 3. The molecule has 0 aromatic heterocycles. The third-order valence-corrected chi connectivity index (χ3v) is 3.46. The number of rotatable bonds is 4. The zero-order chi connectivity index (χ0) is 13.8. The molecule has 1 aromatic carbocycles. The number of nitrogens with two attached hydrogens (primary N) is 1. The van der Waals surface area contributed by atoms with E-state index in [0.29, 0.717) is 5.69 Å². The maximum atomic E-state index is 11.5. The number of thioether (sulfide) groups is 1. The van der Waals surface area contributed by atoms with E-state index in [2.05, 4.69) is 5.32 Å². The number of nitrogens with one attached hydrogen (secondary N) is 1. The zero-order valence-electron chi connectivity index (χ0n) is 10.1. The van der Waals surface area contributed by atoms with Crippen molar-refractivity contribution in [1.29, 1.82) is 0 Å². The molecule has 1 heterocycles. The molecule has 0 saturated carbocycles. The monoisotopic (exact) mass is 279 g/mol. The van der Waals surface area contributed by atoms with Gasteiger partial charge in [0.15, 0.2) is 0 Å². The number of amides is 3. The van der Waals surface area contributed by atoms with Gasteiger partial charge >= 0.3 is 0 Å². The quantitative estimate of drug-likeness (QED) is 0.849. The molecule has 0 bridgehead atoms. The first-order valence-electron chi connectivity index (χ1n) is 5.66. The van der Waals surface area contributed by atoms with Crippen LogP contribution in [0.4, 0.5) is 10.5 Å². The zero-order valence-corrected chi connectivity index (χ0v) is 10.9. The van der Waals surface area contributed by atoms with Crippen LogP contribution in [0.1, 0.15) is 5.56 Å². The number of hydrogen-bond donors (Lipinski definition) is 2. The lowest BCUT2D eigenvalue weighted by Gasteiger charge is -2.13. The Labute approximate surface area is 114 Å². The molecule has 1 aliphatic rings. The van der Waals surface area contributed by atoms with Crippen molar-refractivity contribution >= 4 is 34.5 Å². The van der Waals surface area contributed by atoms with E-state index in [0.717, 1.165) is 17.3 Å². The van der Waals surface area contributed by atoms with Crippen LogP contribution in [0.15, 0.2) is 24.3 Å². The van der Waals surface area contributed by atoms with Crippen molar-refractivity contribution in [3.63, 3.8) is 0 Å². The largest absolute Gasteiger partial charge is 0.325 e. The lowest BCUT2D eigenvalue weighted by Crippen LogP contribution is -2.27. The molecule has 0 atom stereocenters. The van der Waals surface area contributed by atoms with Gasteiger partial charge in [0, 0.05) is 5.69 Å². The van der Waals surface area contributed by atoms with Crippen LogP contribution in [0.25, 0.3) is 0 Å². The first-order chi connectivity index (χ1) is 9.10. The van der Waals surface area contributed by atoms with Crippen molar-refractivity contribution in [2.75, 3.05) is 17.6 Å². The van der Waals surface area contributed by atoms with Crippen molar-refractivity contribution in [2.45, 2.75) is 6.54 Å². The minimum atomic E-state index is -0.269. The Morgan fingerprint density at radius 2 is 2.00 bits per heavy atom. The van der Waals surface area contributed by atoms with E-state index in [-0.39, 0.29) is 35.9 Å². The van der Waals surface area contributed by atoms with Crippen LogP contribution in [0.2, 0.25) is 0 Å². The van der Waals surface area contributed by atoms with Crippen LogP contribution < -0.4 is 11.1 Å². The van der Waals surface area contributed by atoms with Gasteiger partial charge in [-0.2, -0.15) is 0 Å². The first-order valence-corrected chi connectivity index (χ1v) is 6.64. The molecule has 1 aliphatic heterocycles. The maximum absolute atomic E-state index is 11.5. The number of carbonyl (C=O) groups excluding carboxylic acids is 3. The Hall–Kier alpha value is -1.86. The predicted octanol–water partition coefficient (Wildman–Crippen LogP) is 0.779. The van der Waals surface area contributed by atoms with Crippen molar-refractivity contribution in [2.24, 2.45) is 5.73 Å². The van der Waals surface area contributed by atoms with Gasteiger partial charge in [0.25, 0.3) is 5.24 Å². The highest BCUT2D eigenvalue weighted by Gasteiger charge is 2.29. The summed E-state index contributed by atoms with van der Waals surface area (Å²) in [5, 5.41) is 2.40. The third-order valence-electron chi connectivity index (χ3n) is 2.60. The van der Waals surface area contributed by atoms with Gasteiger partial charge in [-0.1, -0.05) is 23.9 Å². The molecule has 0 spiro atoms. The molecule has 7 heteroatoms. The van der Waals surface area contributed by atoms with Gasteiger partial charge < -0.3 is 11.1 Å². The van der Waals surface area contributed by atoms with Gasteiger partial charge in [-0.05, 0) is 17.7 Å². The fraction of sp³-hybridized carbons (Fsp3) is 0.250. The van der Waals surface area contributed by atoms with Gasteiger partial charge in [-0.3, -0.25) is 19.3 Å². The average molecular weight is 279 g/mol. The standard InChI is InChI=1S/C12H13N3O3S/c13-5-10(16)14-9-3-1-8(2-4-9)6-15-11(17)7-19-12(15)18/h1-4H,5-7,13H2,(H,14,16).